The Morgan fingerprint density at radius 2 is 1.63 bits per heavy atom. The minimum atomic E-state index is -0.593. The van der Waals surface area contributed by atoms with Crippen LogP contribution >= 0.6 is 0 Å². The lowest BCUT2D eigenvalue weighted by Crippen LogP contribution is -2.40. The number of carbonyl (C=O) groups is 4. The summed E-state index contributed by atoms with van der Waals surface area (Å²) in [6.07, 6.45) is 3.59. The molecule has 2 N–H and O–H groups in total. The van der Waals surface area contributed by atoms with Gasteiger partial charge in [0.1, 0.15) is 0 Å². The number of benzene rings is 1. The maximum absolute atomic E-state index is 12.1. The van der Waals surface area contributed by atoms with Crippen LogP contribution in [0.25, 0.3) is 0 Å². The van der Waals surface area contributed by atoms with Crippen molar-refractivity contribution in [1.82, 2.24) is 4.90 Å². The Hall–Kier alpha value is -3.16. The van der Waals surface area contributed by atoms with E-state index in [0.717, 1.165) is 0 Å². The first kappa shape index (κ1) is 21.9. The summed E-state index contributed by atoms with van der Waals surface area (Å²) in [4.78, 5) is 47.9. The molecule has 0 atom stereocenters. The van der Waals surface area contributed by atoms with Crippen molar-refractivity contribution in [3.63, 3.8) is 0 Å². The number of likely N-dealkylation sites (N-methyl/N-ethyl adjacent to an activating group) is 1. The largest absolute Gasteiger partial charge is 0.452 e. The van der Waals surface area contributed by atoms with Crippen LogP contribution in [0.4, 0.5) is 11.4 Å². The summed E-state index contributed by atoms with van der Waals surface area (Å²) in [5.41, 5.74) is 1.15. The minimum Gasteiger partial charge on any atom is -0.452 e. The first-order chi connectivity index (χ1) is 12.8. The van der Waals surface area contributed by atoms with Crippen molar-refractivity contribution in [2.24, 2.45) is 0 Å². The summed E-state index contributed by atoms with van der Waals surface area (Å²) in [6, 6.07) is 6.60. The van der Waals surface area contributed by atoms with Crippen LogP contribution in [-0.4, -0.2) is 48.3 Å². The molecule has 146 valence electrons. The van der Waals surface area contributed by atoms with E-state index < -0.39 is 18.5 Å². The molecule has 0 aliphatic carbocycles. The van der Waals surface area contributed by atoms with Gasteiger partial charge in [0, 0.05) is 30.9 Å². The zero-order valence-electron chi connectivity index (χ0n) is 15.8. The molecule has 8 heteroatoms. The van der Waals surface area contributed by atoms with E-state index in [0.29, 0.717) is 24.3 Å². The van der Waals surface area contributed by atoms with E-state index in [4.69, 9.17) is 4.74 Å². The number of nitrogens with zero attached hydrogens (tertiary/aromatic N) is 1. The van der Waals surface area contributed by atoms with Crippen molar-refractivity contribution >= 4 is 35.1 Å². The summed E-state index contributed by atoms with van der Waals surface area (Å²) in [6.45, 7) is 4.73. The second-order valence-electron chi connectivity index (χ2n) is 5.63. The van der Waals surface area contributed by atoms with Crippen molar-refractivity contribution in [3.8, 4) is 0 Å². The maximum Gasteiger partial charge on any atom is 0.330 e. The molecule has 0 spiro atoms. The molecular weight excluding hydrogens is 350 g/mol. The van der Waals surface area contributed by atoms with Gasteiger partial charge in [-0.15, -0.1) is 0 Å². The average Bonchev–Trinajstić information content (AvgIpc) is 2.63. The van der Waals surface area contributed by atoms with Gasteiger partial charge in [-0.05, 0) is 37.6 Å². The molecule has 27 heavy (non-hydrogen) atoms. The molecule has 0 saturated heterocycles. The molecule has 0 fully saturated rings. The van der Waals surface area contributed by atoms with Crippen LogP contribution in [0.5, 0.6) is 0 Å². The highest BCUT2D eigenvalue weighted by atomic mass is 16.5. The summed E-state index contributed by atoms with van der Waals surface area (Å²) >= 11 is 0. The molecule has 0 unspecified atom stereocenters. The quantitative estimate of drug-likeness (QED) is 0.507. The van der Waals surface area contributed by atoms with Crippen molar-refractivity contribution in [2.45, 2.75) is 27.2 Å². The number of allylic oxidation sites excluding steroid dienone is 1. The van der Waals surface area contributed by atoms with Gasteiger partial charge in [-0.3, -0.25) is 14.4 Å². The summed E-state index contributed by atoms with van der Waals surface area (Å²) in [7, 11) is 0. The Morgan fingerprint density at radius 1 is 1.04 bits per heavy atom. The van der Waals surface area contributed by atoms with Gasteiger partial charge in [0.2, 0.25) is 11.8 Å². The van der Waals surface area contributed by atoms with E-state index >= 15 is 0 Å². The van der Waals surface area contributed by atoms with Crippen molar-refractivity contribution in [1.29, 1.82) is 0 Å². The van der Waals surface area contributed by atoms with Crippen molar-refractivity contribution in [2.75, 3.05) is 30.3 Å². The van der Waals surface area contributed by atoms with Crippen molar-refractivity contribution < 1.29 is 23.9 Å². The fraction of sp³-hybridized carbons (Fsp3) is 0.368. The van der Waals surface area contributed by atoms with Crippen LogP contribution in [0.2, 0.25) is 0 Å². The molecule has 3 amide bonds. The van der Waals surface area contributed by atoms with Crippen LogP contribution in [0, 0.1) is 0 Å². The topological polar surface area (TPSA) is 105 Å². The van der Waals surface area contributed by atoms with E-state index in [2.05, 4.69) is 10.6 Å². The predicted molar refractivity (Wildman–Crippen MR) is 102 cm³/mol. The highest BCUT2D eigenvalue weighted by molar-refractivity contribution is 5.95. The Balaban J connectivity index is 2.52. The minimum absolute atomic E-state index is 0.162. The Kier molecular flexibility index (Phi) is 9.28. The molecule has 0 saturated carbocycles. The third kappa shape index (κ3) is 8.66. The van der Waals surface area contributed by atoms with E-state index in [-0.39, 0.29) is 18.4 Å². The third-order valence-electron chi connectivity index (χ3n) is 3.39. The molecule has 0 aliphatic rings. The molecule has 0 radical (unpaired) electrons. The first-order valence-electron chi connectivity index (χ1n) is 8.64. The fourth-order valence-corrected chi connectivity index (χ4v) is 2.08. The monoisotopic (exact) mass is 375 g/mol. The SMILES string of the molecule is CC/C=C/C(=O)OCC(=O)N(CC)CC(=O)Nc1ccc(NC(C)=O)cc1. The zero-order chi connectivity index (χ0) is 20.2. The van der Waals surface area contributed by atoms with E-state index in [1.807, 2.05) is 6.92 Å². The fourth-order valence-electron chi connectivity index (χ4n) is 2.08. The molecule has 0 heterocycles. The molecule has 1 aromatic rings. The molecule has 1 rings (SSSR count). The van der Waals surface area contributed by atoms with Crippen LogP contribution in [0.1, 0.15) is 27.2 Å². The molecule has 0 bridgehead atoms. The summed E-state index contributed by atoms with van der Waals surface area (Å²) < 4.78 is 4.85. The molecular formula is C19H25N3O5. The smallest absolute Gasteiger partial charge is 0.330 e. The predicted octanol–water partition coefficient (Wildman–Crippen LogP) is 1.94. The number of amides is 3. The second kappa shape index (κ2) is 11.5. The van der Waals surface area contributed by atoms with Crippen LogP contribution < -0.4 is 10.6 Å². The second-order valence-corrected chi connectivity index (χ2v) is 5.63. The number of nitrogens with one attached hydrogen (secondary N) is 2. The Bertz CT molecular complexity index is 698. The van der Waals surface area contributed by atoms with Gasteiger partial charge in [0.05, 0.1) is 6.54 Å². The van der Waals surface area contributed by atoms with Gasteiger partial charge in [-0.25, -0.2) is 4.79 Å². The lowest BCUT2D eigenvalue weighted by atomic mass is 10.2. The molecule has 0 aromatic heterocycles. The van der Waals surface area contributed by atoms with Gasteiger partial charge in [-0.2, -0.15) is 0 Å². The van der Waals surface area contributed by atoms with Crippen LogP contribution in [-0.2, 0) is 23.9 Å². The third-order valence-corrected chi connectivity index (χ3v) is 3.39. The van der Waals surface area contributed by atoms with Crippen molar-refractivity contribution in [3.05, 3.63) is 36.4 Å². The van der Waals surface area contributed by atoms with Gasteiger partial charge in [0.25, 0.3) is 5.91 Å². The number of hydrogen-bond acceptors (Lipinski definition) is 5. The highest BCUT2D eigenvalue weighted by Crippen LogP contribution is 2.13. The first-order valence-corrected chi connectivity index (χ1v) is 8.64. The number of esters is 1. The lowest BCUT2D eigenvalue weighted by Gasteiger charge is -2.20. The maximum atomic E-state index is 12.1. The van der Waals surface area contributed by atoms with Gasteiger partial charge in [-0.1, -0.05) is 13.0 Å². The van der Waals surface area contributed by atoms with E-state index in [9.17, 15) is 19.2 Å². The Morgan fingerprint density at radius 3 is 2.15 bits per heavy atom. The van der Waals surface area contributed by atoms with Crippen LogP contribution in [0.3, 0.4) is 0 Å². The van der Waals surface area contributed by atoms with E-state index in [1.54, 1.807) is 37.3 Å². The molecule has 0 aliphatic heterocycles. The van der Waals surface area contributed by atoms with Crippen LogP contribution in [0.15, 0.2) is 36.4 Å². The molecule has 8 nitrogen and oxygen atoms in total. The number of anilines is 2. The lowest BCUT2D eigenvalue weighted by molar-refractivity contribution is -0.148. The van der Waals surface area contributed by atoms with Gasteiger partial charge in [0.15, 0.2) is 6.61 Å². The zero-order valence-corrected chi connectivity index (χ0v) is 15.8. The Labute approximate surface area is 158 Å². The average molecular weight is 375 g/mol. The highest BCUT2D eigenvalue weighted by Gasteiger charge is 2.17. The summed E-state index contributed by atoms with van der Waals surface area (Å²) in [5, 5.41) is 5.30. The number of carbonyl (C=O) groups excluding carboxylic acids is 4. The standard InChI is InChI=1S/C19H25N3O5/c1-4-6-7-19(26)27-13-18(25)22(5-2)12-17(24)21-16-10-8-15(9-11-16)20-14(3)23/h6-11H,4-5,12-13H2,1-3H3,(H,20,23)(H,21,24)/b7-6+. The number of ether oxygens (including phenoxy) is 1. The van der Waals surface area contributed by atoms with Gasteiger partial charge >= 0.3 is 5.97 Å². The molecule has 1 aromatic carbocycles. The summed E-state index contributed by atoms with van der Waals surface area (Å²) in [5.74, 6) is -1.61. The van der Waals surface area contributed by atoms with Gasteiger partial charge < -0.3 is 20.3 Å². The number of hydrogen-bond donors (Lipinski definition) is 2. The normalized spacial score (nSPS) is 10.3. The van der Waals surface area contributed by atoms with E-state index in [1.165, 1.54) is 17.9 Å². The number of rotatable bonds is 9.